The molecule has 58 valence electrons. The number of hydrogen-bond acceptors (Lipinski definition) is 5. The van der Waals surface area contributed by atoms with E-state index in [0.717, 1.165) is 0 Å². The van der Waals surface area contributed by atoms with Crippen LogP contribution in [-0.4, -0.2) is 29.7 Å². The van der Waals surface area contributed by atoms with E-state index in [-0.39, 0.29) is 0 Å². The zero-order chi connectivity index (χ0) is 8.15. The van der Waals surface area contributed by atoms with Crippen molar-refractivity contribution in [3.63, 3.8) is 0 Å². The van der Waals surface area contributed by atoms with E-state index in [9.17, 15) is 20.2 Å². The largest absolute Gasteiger partial charge is 0.473 e. The van der Waals surface area contributed by atoms with Gasteiger partial charge in [-0.2, -0.15) is 0 Å². The van der Waals surface area contributed by atoms with Crippen molar-refractivity contribution in [2.45, 2.75) is 6.17 Å². The fourth-order valence-electron chi connectivity index (χ4n) is 0.348. The Morgan fingerprint density at radius 3 is 1.90 bits per heavy atom. The number of rotatable bonds is 4. The summed E-state index contributed by atoms with van der Waals surface area (Å²) in [6.07, 6.45) is -1.84. The SMILES string of the molecule is COCC([N+](=O)[O-])[N+](=O)[O-]. The predicted molar refractivity (Wildman–Crippen MR) is 29.7 cm³/mol. The topological polar surface area (TPSA) is 95.5 Å². The van der Waals surface area contributed by atoms with Crippen molar-refractivity contribution in [2.24, 2.45) is 0 Å². The first-order chi connectivity index (χ1) is 4.59. The van der Waals surface area contributed by atoms with Gasteiger partial charge in [0.05, 0.1) is 9.85 Å². The molecule has 0 aliphatic rings. The fraction of sp³-hybridized carbons (Fsp3) is 1.00. The van der Waals surface area contributed by atoms with Gasteiger partial charge in [-0.15, -0.1) is 0 Å². The fourth-order valence-corrected chi connectivity index (χ4v) is 0.348. The molecule has 0 aromatic rings. The van der Waals surface area contributed by atoms with E-state index in [1.807, 2.05) is 0 Å². The first-order valence-electron chi connectivity index (χ1n) is 2.35. The number of ether oxygens (including phenoxy) is 1. The van der Waals surface area contributed by atoms with E-state index in [2.05, 4.69) is 4.74 Å². The Morgan fingerprint density at radius 1 is 1.40 bits per heavy atom. The van der Waals surface area contributed by atoms with E-state index >= 15 is 0 Å². The number of hydrogen-bond donors (Lipinski definition) is 0. The van der Waals surface area contributed by atoms with Crippen LogP contribution in [0.15, 0.2) is 0 Å². The van der Waals surface area contributed by atoms with E-state index in [4.69, 9.17) is 0 Å². The highest BCUT2D eigenvalue weighted by Gasteiger charge is 2.31. The van der Waals surface area contributed by atoms with Crippen molar-refractivity contribution in [3.05, 3.63) is 20.2 Å². The van der Waals surface area contributed by atoms with Crippen LogP contribution in [0.25, 0.3) is 0 Å². The molecule has 10 heavy (non-hydrogen) atoms. The Bertz CT molecular complexity index is 132. The molecule has 0 aromatic heterocycles. The van der Waals surface area contributed by atoms with Gasteiger partial charge < -0.3 is 4.74 Å². The number of methoxy groups -OCH3 is 1. The second kappa shape index (κ2) is 3.72. The molecule has 0 amide bonds. The molecule has 0 saturated heterocycles. The van der Waals surface area contributed by atoms with Crippen LogP contribution in [0.2, 0.25) is 0 Å². The first-order valence-corrected chi connectivity index (χ1v) is 2.35. The van der Waals surface area contributed by atoms with Crippen LogP contribution in [0.1, 0.15) is 0 Å². The smallest absolute Gasteiger partial charge is 0.370 e. The monoisotopic (exact) mass is 150 g/mol. The van der Waals surface area contributed by atoms with Crippen molar-refractivity contribution in [1.82, 2.24) is 0 Å². The van der Waals surface area contributed by atoms with Gasteiger partial charge in [0, 0.05) is 7.11 Å². The maximum absolute atomic E-state index is 9.81. The van der Waals surface area contributed by atoms with Gasteiger partial charge in [-0.25, -0.2) is 0 Å². The number of nitro groups is 2. The standard InChI is InChI=1S/C3H6N2O5/c1-10-2-3(4(6)7)5(8)9/h3H,2H2,1H3. The molecule has 0 aliphatic heterocycles. The molecule has 0 aliphatic carbocycles. The Hall–Kier alpha value is -1.24. The second-order valence-electron chi connectivity index (χ2n) is 1.51. The minimum absolute atomic E-state index is 0.500. The number of nitrogens with zero attached hydrogens (tertiary/aromatic N) is 2. The summed E-state index contributed by atoms with van der Waals surface area (Å²) in [6, 6.07) is 0. The van der Waals surface area contributed by atoms with Crippen LogP contribution in [0, 0.1) is 20.2 Å². The molecule has 0 N–H and O–H groups in total. The van der Waals surface area contributed by atoms with E-state index in [1.165, 1.54) is 7.11 Å². The van der Waals surface area contributed by atoms with E-state index < -0.39 is 22.6 Å². The Morgan fingerprint density at radius 2 is 1.80 bits per heavy atom. The second-order valence-corrected chi connectivity index (χ2v) is 1.51. The third-order valence-electron chi connectivity index (χ3n) is 0.802. The molecule has 0 fully saturated rings. The van der Waals surface area contributed by atoms with Crippen LogP contribution in [0.4, 0.5) is 0 Å². The quantitative estimate of drug-likeness (QED) is 0.306. The van der Waals surface area contributed by atoms with Gasteiger partial charge in [-0.3, -0.25) is 20.2 Å². The molecule has 0 atom stereocenters. The van der Waals surface area contributed by atoms with Gasteiger partial charge in [-0.1, -0.05) is 0 Å². The molecule has 0 unspecified atom stereocenters. The van der Waals surface area contributed by atoms with Crippen molar-refractivity contribution in [2.75, 3.05) is 13.7 Å². The Balaban J connectivity index is 3.98. The molecule has 0 spiro atoms. The zero-order valence-electron chi connectivity index (χ0n) is 5.22. The lowest BCUT2D eigenvalue weighted by atomic mass is 10.6. The van der Waals surface area contributed by atoms with Gasteiger partial charge >= 0.3 is 6.17 Å². The molecule has 0 aromatic carbocycles. The molecule has 7 heteroatoms. The van der Waals surface area contributed by atoms with Crippen molar-refractivity contribution < 1.29 is 14.6 Å². The summed E-state index contributed by atoms with van der Waals surface area (Å²) in [5.74, 6) is 0. The van der Waals surface area contributed by atoms with Crippen LogP contribution in [0.3, 0.4) is 0 Å². The minimum atomic E-state index is -1.84. The molecular weight excluding hydrogens is 144 g/mol. The van der Waals surface area contributed by atoms with Crippen LogP contribution in [-0.2, 0) is 4.74 Å². The molecule has 0 rings (SSSR count). The van der Waals surface area contributed by atoms with Crippen LogP contribution < -0.4 is 0 Å². The normalized spacial score (nSPS) is 9.80. The molecule has 0 saturated carbocycles. The molecule has 0 bridgehead atoms. The lowest BCUT2D eigenvalue weighted by Gasteiger charge is -1.98. The van der Waals surface area contributed by atoms with E-state index in [1.54, 1.807) is 0 Å². The van der Waals surface area contributed by atoms with Gasteiger partial charge in [0.1, 0.15) is 0 Å². The zero-order valence-corrected chi connectivity index (χ0v) is 5.22. The molecule has 0 heterocycles. The molecule has 7 nitrogen and oxygen atoms in total. The van der Waals surface area contributed by atoms with Gasteiger partial charge in [0.15, 0.2) is 6.61 Å². The Labute approximate surface area is 55.9 Å². The highest BCUT2D eigenvalue weighted by atomic mass is 16.7. The minimum Gasteiger partial charge on any atom is -0.370 e. The van der Waals surface area contributed by atoms with E-state index in [0.29, 0.717) is 0 Å². The van der Waals surface area contributed by atoms with Crippen molar-refractivity contribution in [1.29, 1.82) is 0 Å². The summed E-state index contributed by atoms with van der Waals surface area (Å²) in [5, 5.41) is 19.6. The lowest BCUT2D eigenvalue weighted by molar-refractivity contribution is -0.744. The maximum atomic E-state index is 9.81. The average Bonchev–Trinajstić information content (AvgIpc) is 1.81. The summed E-state index contributed by atoms with van der Waals surface area (Å²) in [6.45, 7) is -0.500. The van der Waals surface area contributed by atoms with Gasteiger partial charge in [-0.05, 0) is 0 Å². The predicted octanol–water partition coefficient (Wildman–Crippen LogP) is -0.488. The average molecular weight is 150 g/mol. The highest BCUT2D eigenvalue weighted by Crippen LogP contribution is 1.90. The summed E-state index contributed by atoms with van der Waals surface area (Å²) in [5.41, 5.74) is 0. The van der Waals surface area contributed by atoms with Crippen molar-refractivity contribution >= 4 is 0 Å². The summed E-state index contributed by atoms with van der Waals surface area (Å²) < 4.78 is 4.24. The highest BCUT2D eigenvalue weighted by molar-refractivity contribution is 4.35. The summed E-state index contributed by atoms with van der Waals surface area (Å²) >= 11 is 0. The van der Waals surface area contributed by atoms with Crippen LogP contribution >= 0.6 is 0 Å². The third kappa shape index (κ3) is 2.35. The molecule has 0 radical (unpaired) electrons. The Kier molecular flexibility index (Phi) is 3.26. The van der Waals surface area contributed by atoms with Gasteiger partial charge in [0.25, 0.3) is 0 Å². The third-order valence-corrected chi connectivity index (χ3v) is 0.802. The summed E-state index contributed by atoms with van der Waals surface area (Å²) in [7, 11) is 1.17. The summed E-state index contributed by atoms with van der Waals surface area (Å²) in [4.78, 5) is 17.6. The first kappa shape index (κ1) is 8.76. The van der Waals surface area contributed by atoms with Crippen molar-refractivity contribution in [3.8, 4) is 0 Å². The van der Waals surface area contributed by atoms with Gasteiger partial charge in [0.2, 0.25) is 0 Å². The lowest BCUT2D eigenvalue weighted by Crippen LogP contribution is -2.32. The van der Waals surface area contributed by atoms with Crippen LogP contribution in [0.5, 0.6) is 0 Å². The molecular formula is C3H6N2O5. The maximum Gasteiger partial charge on any atom is 0.473 e.